The minimum Gasteiger partial charge on any atom is -1.00 e. The maximum atomic E-state index is 2.56. The summed E-state index contributed by atoms with van der Waals surface area (Å²) in [6.07, 6.45) is 10.6. The van der Waals surface area contributed by atoms with Gasteiger partial charge >= 0.3 is 0 Å². The summed E-state index contributed by atoms with van der Waals surface area (Å²) in [7, 11) is 4.30. The highest BCUT2D eigenvalue weighted by atomic mass is 127. The summed E-state index contributed by atoms with van der Waals surface area (Å²) in [5, 5.41) is 5.49. The number of hydrogen-bond acceptors (Lipinski definition) is 0. The predicted molar refractivity (Wildman–Crippen MR) is 154 cm³/mol. The van der Waals surface area contributed by atoms with Gasteiger partial charge in [-0.1, -0.05) is 55.7 Å². The van der Waals surface area contributed by atoms with E-state index in [1.807, 2.05) is 0 Å². The zero-order valence-corrected chi connectivity index (χ0v) is 27.7. The Morgan fingerprint density at radius 1 is 0.513 bits per heavy atom. The second-order valence-electron chi connectivity index (χ2n) is 10.7. The minimum atomic E-state index is 0. The van der Waals surface area contributed by atoms with Crippen molar-refractivity contribution in [1.82, 2.24) is 9.13 Å². The van der Waals surface area contributed by atoms with Crippen LogP contribution in [0.2, 0.25) is 0 Å². The summed E-state index contributed by atoms with van der Waals surface area (Å²) < 4.78 is 9.60. The number of unbranched alkanes of at least 4 members (excludes halogenated alkanes) is 4. The fourth-order valence-electron chi connectivity index (χ4n) is 6.24. The molecule has 6 rings (SSSR count). The van der Waals surface area contributed by atoms with Crippen LogP contribution in [0.25, 0.3) is 43.6 Å². The monoisotopic (exact) mass is 744 g/mol. The molecule has 0 radical (unpaired) electrons. The summed E-state index contributed by atoms with van der Waals surface area (Å²) >= 11 is 0. The second kappa shape index (κ2) is 12.5. The van der Waals surface area contributed by atoms with Gasteiger partial charge in [-0.15, -0.1) is 0 Å². The van der Waals surface area contributed by atoms with E-state index in [0.29, 0.717) is 0 Å². The second-order valence-corrected chi connectivity index (χ2v) is 10.7. The molecule has 0 aliphatic heterocycles. The van der Waals surface area contributed by atoms with Crippen molar-refractivity contribution in [2.24, 2.45) is 14.1 Å². The first-order valence-corrected chi connectivity index (χ1v) is 13.8. The van der Waals surface area contributed by atoms with E-state index in [9.17, 15) is 0 Å². The third-order valence-electron chi connectivity index (χ3n) is 8.46. The van der Waals surface area contributed by atoms with Gasteiger partial charge in [0, 0.05) is 71.6 Å². The SMILES string of the molecule is Cc1c2c(cc[n+]1C)c1ccccc1n2CCCCCCCn1c2ccccc2c2cc[n+](C)c(C)c21.[I-].[I-]. The van der Waals surface area contributed by atoms with Gasteiger partial charge in [0.25, 0.3) is 0 Å². The molecule has 0 N–H and O–H groups in total. The van der Waals surface area contributed by atoms with Crippen LogP contribution in [0.15, 0.2) is 73.1 Å². The summed E-state index contributed by atoms with van der Waals surface area (Å²) in [5.41, 5.74) is 8.18. The molecule has 0 atom stereocenters. The number of para-hydroxylation sites is 2. The van der Waals surface area contributed by atoms with Crippen molar-refractivity contribution < 1.29 is 57.1 Å². The van der Waals surface area contributed by atoms with Crippen LogP contribution in [0, 0.1) is 13.8 Å². The molecule has 0 aliphatic carbocycles. The average molecular weight is 745 g/mol. The van der Waals surface area contributed by atoms with Crippen molar-refractivity contribution in [2.45, 2.75) is 59.0 Å². The molecule has 0 fully saturated rings. The lowest BCUT2D eigenvalue weighted by molar-refractivity contribution is -0.676. The van der Waals surface area contributed by atoms with Gasteiger partial charge in [-0.25, -0.2) is 9.13 Å². The molecule has 4 aromatic heterocycles. The number of halogens is 2. The van der Waals surface area contributed by atoms with Crippen LogP contribution >= 0.6 is 0 Å². The normalized spacial score (nSPS) is 11.4. The van der Waals surface area contributed by atoms with Crippen LogP contribution in [0.1, 0.15) is 43.5 Å². The quantitative estimate of drug-likeness (QED) is 0.125. The molecule has 6 aromatic rings. The molecule has 0 aliphatic rings. The van der Waals surface area contributed by atoms with E-state index in [1.54, 1.807) is 0 Å². The van der Waals surface area contributed by atoms with Crippen molar-refractivity contribution in [3.05, 3.63) is 84.4 Å². The van der Waals surface area contributed by atoms with E-state index in [1.165, 1.54) is 87.1 Å². The number of rotatable bonds is 8. The average Bonchev–Trinajstić information content (AvgIpc) is 3.41. The van der Waals surface area contributed by atoms with E-state index >= 15 is 0 Å². The number of pyridine rings is 2. The summed E-state index contributed by atoms with van der Waals surface area (Å²) in [6, 6.07) is 22.3. The number of benzene rings is 2. The Bertz CT molecular complexity index is 1630. The van der Waals surface area contributed by atoms with Crippen LogP contribution in [0.4, 0.5) is 0 Å². The van der Waals surface area contributed by atoms with Gasteiger partial charge in [-0.05, 0) is 25.0 Å². The van der Waals surface area contributed by atoms with Crippen molar-refractivity contribution >= 4 is 43.6 Å². The molecule has 4 nitrogen and oxygen atoms in total. The number of aromatic nitrogens is 4. The van der Waals surface area contributed by atoms with Gasteiger partial charge < -0.3 is 57.1 Å². The summed E-state index contributed by atoms with van der Waals surface area (Å²) in [4.78, 5) is 0. The Kier molecular flexibility index (Phi) is 9.57. The van der Waals surface area contributed by atoms with Crippen LogP contribution in [0.5, 0.6) is 0 Å². The van der Waals surface area contributed by atoms with Crippen LogP contribution in [0.3, 0.4) is 0 Å². The Labute approximate surface area is 265 Å². The first-order valence-electron chi connectivity index (χ1n) is 13.8. The zero-order chi connectivity index (χ0) is 25.5. The fourth-order valence-corrected chi connectivity index (χ4v) is 6.24. The van der Waals surface area contributed by atoms with Crippen molar-refractivity contribution in [3.8, 4) is 0 Å². The summed E-state index contributed by atoms with van der Waals surface area (Å²) in [5.74, 6) is 0. The fraction of sp³-hybridized carbons (Fsp3) is 0.333. The van der Waals surface area contributed by atoms with Gasteiger partial charge in [-0.2, -0.15) is 0 Å². The zero-order valence-electron chi connectivity index (χ0n) is 23.4. The highest BCUT2D eigenvalue weighted by Crippen LogP contribution is 2.31. The van der Waals surface area contributed by atoms with Gasteiger partial charge in [0.05, 0.1) is 0 Å². The van der Waals surface area contributed by atoms with Crippen LogP contribution in [-0.2, 0) is 27.2 Å². The van der Waals surface area contributed by atoms with Crippen molar-refractivity contribution in [3.63, 3.8) is 0 Å². The molecule has 0 saturated heterocycles. The molecular weight excluding hydrogens is 706 g/mol. The topological polar surface area (TPSA) is 17.6 Å². The van der Waals surface area contributed by atoms with E-state index in [4.69, 9.17) is 0 Å². The first-order chi connectivity index (χ1) is 18.1. The number of hydrogen-bond donors (Lipinski definition) is 0. The van der Waals surface area contributed by atoms with Crippen molar-refractivity contribution in [1.29, 1.82) is 0 Å². The van der Waals surface area contributed by atoms with Crippen LogP contribution < -0.4 is 57.1 Å². The van der Waals surface area contributed by atoms with Gasteiger partial charge in [-0.3, -0.25) is 0 Å². The van der Waals surface area contributed by atoms with E-state index in [2.05, 4.69) is 119 Å². The Morgan fingerprint density at radius 3 is 1.33 bits per heavy atom. The smallest absolute Gasteiger partial charge is 0.202 e. The van der Waals surface area contributed by atoms with Gasteiger partial charge in [0.2, 0.25) is 11.4 Å². The molecule has 4 heterocycles. The predicted octanol–water partition coefficient (Wildman–Crippen LogP) is 0.827. The molecule has 39 heavy (non-hydrogen) atoms. The number of aryl methyl sites for hydroxylation is 6. The minimum absolute atomic E-state index is 0. The molecule has 0 spiro atoms. The Morgan fingerprint density at radius 2 is 0.897 bits per heavy atom. The molecule has 0 saturated carbocycles. The highest BCUT2D eigenvalue weighted by molar-refractivity contribution is 6.09. The van der Waals surface area contributed by atoms with E-state index in [0.717, 1.165) is 13.1 Å². The lowest BCUT2D eigenvalue weighted by Crippen LogP contribution is -3.00. The summed E-state index contributed by atoms with van der Waals surface area (Å²) in [6.45, 7) is 6.65. The number of nitrogens with zero attached hydrogens (tertiary/aromatic N) is 4. The lowest BCUT2D eigenvalue weighted by Gasteiger charge is -2.10. The highest BCUT2D eigenvalue weighted by Gasteiger charge is 2.18. The molecule has 0 amide bonds. The van der Waals surface area contributed by atoms with E-state index < -0.39 is 0 Å². The van der Waals surface area contributed by atoms with Crippen molar-refractivity contribution in [2.75, 3.05) is 0 Å². The van der Waals surface area contributed by atoms with E-state index in [-0.39, 0.29) is 48.0 Å². The third-order valence-corrected chi connectivity index (χ3v) is 8.46. The molecule has 0 unspecified atom stereocenters. The first kappa shape index (κ1) is 29.8. The molecule has 204 valence electrons. The maximum Gasteiger partial charge on any atom is 0.202 e. The molecular formula is C33H38I2N4. The van der Waals surface area contributed by atoms with Crippen LogP contribution in [-0.4, -0.2) is 9.13 Å². The Hall–Kier alpha value is -2.20. The lowest BCUT2D eigenvalue weighted by atomic mass is 10.1. The third kappa shape index (κ3) is 5.31. The maximum absolute atomic E-state index is 2.56. The van der Waals surface area contributed by atoms with Gasteiger partial charge in [0.1, 0.15) is 25.1 Å². The molecule has 2 aromatic carbocycles. The molecule has 0 bridgehead atoms. The standard InChI is InChI=1S/C33H38N4.2HI/c1-24-32-28(18-22-34(24)3)26-14-8-10-16-30(26)36(32)20-12-6-5-7-13-21-37-31-17-11-9-15-27(31)29-19-23-35(4)25(2)33(29)37;;/h8-11,14-19,22-23H,5-7,12-13,20-21H2,1-4H3;2*1H/q+2;;/p-2. The van der Waals surface area contributed by atoms with Gasteiger partial charge in [0.15, 0.2) is 12.4 Å². The largest absolute Gasteiger partial charge is 1.00 e. The number of fused-ring (bicyclic) bond motifs is 6. The molecule has 6 heteroatoms. The Balaban J connectivity index is 0.00000176.